The second-order valence-corrected chi connectivity index (χ2v) is 6.19. The van der Waals surface area contributed by atoms with E-state index in [4.69, 9.17) is 0 Å². The molecule has 0 aliphatic heterocycles. The van der Waals surface area contributed by atoms with Gasteiger partial charge in [-0.1, -0.05) is 22.0 Å². The SMILES string of the molecule is CN(CCc1ccccn1)C(=O)c1ccc(Br)cc1Br. The molecule has 0 atom stereocenters. The lowest BCUT2D eigenvalue weighted by Gasteiger charge is -2.17. The van der Waals surface area contributed by atoms with Crippen LogP contribution in [-0.2, 0) is 6.42 Å². The van der Waals surface area contributed by atoms with E-state index in [0.717, 1.165) is 21.1 Å². The van der Waals surface area contributed by atoms with Crippen molar-refractivity contribution in [2.45, 2.75) is 6.42 Å². The van der Waals surface area contributed by atoms with Crippen LogP contribution in [0, 0.1) is 0 Å². The minimum absolute atomic E-state index is 0.000283. The number of benzene rings is 1. The number of carbonyl (C=O) groups excluding carboxylic acids is 1. The molecule has 2 rings (SSSR count). The number of likely N-dealkylation sites (N-methyl/N-ethyl adjacent to an activating group) is 1. The molecule has 1 amide bonds. The third-order valence-corrected chi connectivity index (χ3v) is 4.09. The van der Waals surface area contributed by atoms with Crippen LogP contribution in [0.2, 0.25) is 0 Å². The van der Waals surface area contributed by atoms with Crippen LogP contribution in [0.1, 0.15) is 16.1 Å². The molecule has 0 N–H and O–H groups in total. The average Bonchev–Trinajstić information content (AvgIpc) is 2.45. The number of hydrogen-bond acceptors (Lipinski definition) is 2. The Labute approximate surface area is 135 Å². The fourth-order valence-corrected chi connectivity index (χ4v) is 3.02. The van der Waals surface area contributed by atoms with Gasteiger partial charge in [0.05, 0.1) is 5.56 Å². The number of rotatable bonds is 4. The summed E-state index contributed by atoms with van der Waals surface area (Å²) in [5.41, 5.74) is 1.65. The van der Waals surface area contributed by atoms with Crippen molar-refractivity contribution < 1.29 is 4.79 Å². The van der Waals surface area contributed by atoms with Crippen molar-refractivity contribution in [2.75, 3.05) is 13.6 Å². The molecule has 1 heterocycles. The Hall–Kier alpha value is -1.20. The number of amides is 1. The van der Waals surface area contributed by atoms with Crippen LogP contribution in [0.15, 0.2) is 51.5 Å². The molecule has 20 heavy (non-hydrogen) atoms. The first-order chi connectivity index (χ1) is 9.58. The number of nitrogens with zero attached hydrogens (tertiary/aromatic N) is 2. The highest BCUT2D eigenvalue weighted by Crippen LogP contribution is 2.23. The molecule has 0 unspecified atom stereocenters. The molecular formula is C15H14Br2N2O. The van der Waals surface area contributed by atoms with Gasteiger partial charge in [0.1, 0.15) is 0 Å². The Kier molecular flexibility index (Phi) is 5.31. The van der Waals surface area contributed by atoms with Crippen LogP contribution < -0.4 is 0 Å². The highest BCUT2D eigenvalue weighted by Gasteiger charge is 2.14. The van der Waals surface area contributed by atoms with Crippen LogP contribution in [0.25, 0.3) is 0 Å². The minimum Gasteiger partial charge on any atom is -0.341 e. The number of hydrogen-bond donors (Lipinski definition) is 0. The van der Waals surface area contributed by atoms with Gasteiger partial charge in [-0.15, -0.1) is 0 Å². The molecular weight excluding hydrogens is 384 g/mol. The van der Waals surface area contributed by atoms with E-state index in [1.54, 1.807) is 18.1 Å². The van der Waals surface area contributed by atoms with Crippen molar-refractivity contribution in [3.8, 4) is 0 Å². The zero-order valence-electron chi connectivity index (χ0n) is 11.0. The largest absolute Gasteiger partial charge is 0.341 e. The summed E-state index contributed by atoms with van der Waals surface area (Å²) in [7, 11) is 1.81. The van der Waals surface area contributed by atoms with Crippen molar-refractivity contribution in [1.82, 2.24) is 9.88 Å². The number of pyridine rings is 1. The van der Waals surface area contributed by atoms with Crippen LogP contribution in [0.3, 0.4) is 0 Å². The Bertz CT molecular complexity index is 602. The molecule has 5 heteroatoms. The number of halogens is 2. The first kappa shape index (κ1) is 15.2. The van der Waals surface area contributed by atoms with E-state index in [-0.39, 0.29) is 5.91 Å². The molecule has 3 nitrogen and oxygen atoms in total. The van der Waals surface area contributed by atoms with E-state index in [1.165, 1.54) is 0 Å². The monoisotopic (exact) mass is 396 g/mol. The molecule has 2 aromatic rings. The quantitative estimate of drug-likeness (QED) is 0.783. The molecule has 1 aromatic carbocycles. The molecule has 0 aliphatic rings. The van der Waals surface area contributed by atoms with Crippen LogP contribution in [0.5, 0.6) is 0 Å². The lowest BCUT2D eigenvalue weighted by Crippen LogP contribution is -2.29. The van der Waals surface area contributed by atoms with Crippen molar-refractivity contribution in [3.63, 3.8) is 0 Å². The van der Waals surface area contributed by atoms with E-state index < -0.39 is 0 Å². The third-order valence-electron chi connectivity index (χ3n) is 2.94. The summed E-state index contributed by atoms with van der Waals surface area (Å²) < 4.78 is 1.73. The van der Waals surface area contributed by atoms with Gasteiger partial charge < -0.3 is 4.90 Å². The molecule has 0 saturated carbocycles. The summed E-state index contributed by atoms with van der Waals surface area (Å²) >= 11 is 6.80. The van der Waals surface area contributed by atoms with Gasteiger partial charge in [-0.3, -0.25) is 9.78 Å². The molecule has 104 valence electrons. The topological polar surface area (TPSA) is 33.2 Å². The second-order valence-electron chi connectivity index (χ2n) is 4.42. The highest BCUT2D eigenvalue weighted by atomic mass is 79.9. The van der Waals surface area contributed by atoms with Crippen LogP contribution >= 0.6 is 31.9 Å². The fraction of sp³-hybridized carbons (Fsp3) is 0.200. The van der Waals surface area contributed by atoms with Gasteiger partial charge in [-0.05, 0) is 46.3 Å². The summed E-state index contributed by atoms with van der Waals surface area (Å²) in [5.74, 6) is 0.000283. The summed E-state index contributed by atoms with van der Waals surface area (Å²) in [6.07, 6.45) is 2.51. The number of aromatic nitrogens is 1. The standard InChI is InChI=1S/C15H14Br2N2O/c1-19(9-7-12-4-2-3-8-18-12)15(20)13-6-5-11(16)10-14(13)17/h2-6,8,10H,7,9H2,1H3. The van der Waals surface area contributed by atoms with E-state index in [2.05, 4.69) is 36.8 Å². The van der Waals surface area contributed by atoms with E-state index in [9.17, 15) is 4.79 Å². The van der Waals surface area contributed by atoms with Gasteiger partial charge in [0.15, 0.2) is 0 Å². The van der Waals surface area contributed by atoms with Crippen molar-refractivity contribution in [1.29, 1.82) is 0 Å². The maximum atomic E-state index is 12.4. The van der Waals surface area contributed by atoms with Crippen molar-refractivity contribution in [2.24, 2.45) is 0 Å². The van der Waals surface area contributed by atoms with E-state index >= 15 is 0 Å². The lowest BCUT2D eigenvalue weighted by molar-refractivity contribution is 0.0795. The third kappa shape index (κ3) is 3.90. The Morgan fingerprint density at radius 1 is 1.25 bits per heavy atom. The Morgan fingerprint density at radius 3 is 2.70 bits per heavy atom. The first-order valence-electron chi connectivity index (χ1n) is 6.18. The predicted molar refractivity (Wildman–Crippen MR) is 86.7 cm³/mol. The zero-order chi connectivity index (χ0) is 14.5. The van der Waals surface area contributed by atoms with Gasteiger partial charge in [0, 0.05) is 40.8 Å². The minimum atomic E-state index is 0.000283. The maximum absolute atomic E-state index is 12.4. The molecule has 1 aromatic heterocycles. The van der Waals surface area contributed by atoms with Crippen molar-refractivity contribution >= 4 is 37.8 Å². The van der Waals surface area contributed by atoms with Gasteiger partial charge in [-0.25, -0.2) is 0 Å². The molecule has 0 aliphatic carbocycles. The lowest BCUT2D eigenvalue weighted by atomic mass is 10.2. The van der Waals surface area contributed by atoms with Gasteiger partial charge in [0.2, 0.25) is 0 Å². The Balaban J connectivity index is 2.01. The van der Waals surface area contributed by atoms with Crippen LogP contribution in [0.4, 0.5) is 0 Å². The van der Waals surface area contributed by atoms with Crippen molar-refractivity contribution in [3.05, 3.63) is 62.8 Å². The molecule has 0 saturated heterocycles. The Morgan fingerprint density at radius 2 is 2.05 bits per heavy atom. The van der Waals surface area contributed by atoms with Gasteiger partial charge in [0.25, 0.3) is 5.91 Å². The maximum Gasteiger partial charge on any atom is 0.254 e. The summed E-state index contributed by atoms with van der Waals surface area (Å²) in [6.45, 7) is 0.637. The first-order valence-corrected chi connectivity index (χ1v) is 7.77. The molecule has 0 bridgehead atoms. The second kappa shape index (κ2) is 6.99. The summed E-state index contributed by atoms with van der Waals surface area (Å²) in [6, 6.07) is 11.4. The van der Waals surface area contributed by atoms with Gasteiger partial charge in [-0.2, -0.15) is 0 Å². The average molecular weight is 398 g/mol. The number of carbonyl (C=O) groups is 1. The van der Waals surface area contributed by atoms with Crippen LogP contribution in [-0.4, -0.2) is 29.4 Å². The van der Waals surface area contributed by atoms with Gasteiger partial charge >= 0.3 is 0 Å². The fourth-order valence-electron chi connectivity index (χ4n) is 1.80. The predicted octanol–water partition coefficient (Wildman–Crippen LogP) is 3.92. The highest BCUT2D eigenvalue weighted by molar-refractivity contribution is 9.11. The van der Waals surface area contributed by atoms with E-state index in [1.807, 2.05) is 36.4 Å². The molecule has 0 radical (unpaired) electrons. The molecule has 0 fully saturated rings. The summed E-state index contributed by atoms with van der Waals surface area (Å²) in [5, 5.41) is 0. The normalized spacial score (nSPS) is 10.3. The zero-order valence-corrected chi connectivity index (χ0v) is 14.2. The molecule has 0 spiro atoms. The summed E-state index contributed by atoms with van der Waals surface area (Å²) in [4.78, 5) is 18.3. The smallest absolute Gasteiger partial charge is 0.254 e. The van der Waals surface area contributed by atoms with E-state index in [0.29, 0.717) is 12.1 Å².